The van der Waals surface area contributed by atoms with E-state index < -0.39 is 5.97 Å². The largest absolute Gasteiger partial charge is 0.497 e. The van der Waals surface area contributed by atoms with E-state index in [0.717, 1.165) is 11.3 Å². The number of hydrogen-bond acceptors (Lipinski definition) is 7. The van der Waals surface area contributed by atoms with Gasteiger partial charge >= 0.3 is 5.97 Å². The van der Waals surface area contributed by atoms with Crippen LogP contribution in [-0.2, 0) is 16.0 Å². The van der Waals surface area contributed by atoms with Gasteiger partial charge in [0.15, 0.2) is 0 Å². The first-order valence-electron chi connectivity index (χ1n) is 8.54. The summed E-state index contributed by atoms with van der Waals surface area (Å²) < 4.78 is 15.0. The van der Waals surface area contributed by atoms with Crippen LogP contribution in [0.4, 0.5) is 5.69 Å². The molecule has 144 valence electrons. The van der Waals surface area contributed by atoms with Gasteiger partial charge in [0.1, 0.15) is 5.75 Å². The number of carbonyl (C=O) groups is 2. The summed E-state index contributed by atoms with van der Waals surface area (Å²) in [7, 11) is 2.90. The average molecular weight is 381 g/mol. The molecule has 1 N–H and O–H groups in total. The molecule has 3 aromatic rings. The van der Waals surface area contributed by atoms with Gasteiger partial charge in [-0.05, 0) is 42.5 Å². The number of methoxy groups -OCH3 is 2. The van der Waals surface area contributed by atoms with Crippen molar-refractivity contribution in [2.24, 2.45) is 0 Å². The van der Waals surface area contributed by atoms with Crippen molar-refractivity contribution in [1.82, 2.24) is 10.1 Å². The molecule has 8 nitrogen and oxygen atoms in total. The van der Waals surface area contributed by atoms with Crippen LogP contribution in [0.25, 0.3) is 11.4 Å². The number of esters is 1. The topological polar surface area (TPSA) is 104 Å². The minimum atomic E-state index is -0.465. The van der Waals surface area contributed by atoms with Gasteiger partial charge in [-0.1, -0.05) is 11.2 Å². The molecule has 2 aromatic carbocycles. The molecule has 3 rings (SSSR count). The van der Waals surface area contributed by atoms with Crippen LogP contribution in [-0.4, -0.2) is 36.2 Å². The third-order valence-corrected chi connectivity index (χ3v) is 3.95. The first-order chi connectivity index (χ1) is 13.6. The van der Waals surface area contributed by atoms with Crippen LogP contribution in [0.3, 0.4) is 0 Å². The van der Waals surface area contributed by atoms with Crippen LogP contribution in [0.15, 0.2) is 53.1 Å². The Morgan fingerprint density at radius 3 is 2.61 bits per heavy atom. The Hall–Kier alpha value is -3.68. The molecule has 0 aliphatic carbocycles. The zero-order valence-corrected chi connectivity index (χ0v) is 15.5. The van der Waals surface area contributed by atoms with Crippen molar-refractivity contribution in [1.29, 1.82) is 0 Å². The summed E-state index contributed by atoms with van der Waals surface area (Å²) in [6.45, 7) is 0. The van der Waals surface area contributed by atoms with Crippen molar-refractivity contribution in [3.05, 3.63) is 60.0 Å². The zero-order chi connectivity index (χ0) is 19.9. The van der Waals surface area contributed by atoms with Crippen LogP contribution in [0.5, 0.6) is 5.75 Å². The molecule has 28 heavy (non-hydrogen) atoms. The number of benzene rings is 2. The summed E-state index contributed by atoms with van der Waals surface area (Å²) in [5.41, 5.74) is 1.67. The molecule has 0 atom stereocenters. The summed E-state index contributed by atoms with van der Waals surface area (Å²) in [6, 6.07) is 13.8. The molecule has 0 bridgehead atoms. The smallest absolute Gasteiger partial charge is 0.337 e. The minimum absolute atomic E-state index is 0.159. The third-order valence-electron chi connectivity index (χ3n) is 3.95. The van der Waals surface area contributed by atoms with E-state index in [-0.39, 0.29) is 12.3 Å². The van der Waals surface area contributed by atoms with Crippen molar-refractivity contribution in [2.75, 3.05) is 19.5 Å². The fraction of sp³-hybridized carbons (Fsp3) is 0.200. The standard InChI is InChI=1S/C20H19N3O5/c1-26-16-8-6-13(7-9-16)19-22-18(28-23-19)11-10-17(24)21-15-5-3-4-14(12-15)20(25)27-2/h3-9,12H,10-11H2,1-2H3,(H,21,24). The average Bonchev–Trinajstić information content (AvgIpc) is 3.21. The number of ether oxygens (including phenoxy) is 2. The van der Waals surface area contributed by atoms with Gasteiger partial charge in [0, 0.05) is 24.1 Å². The molecule has 0 unspecified atom stereocenters. The molecule has 0 saturated heterocycles. The van der Waals surface area contributed by atoms with Crippen molar-refractivity contribution in [3.63, 3.8) is 0 Å². The Morgan fingerprint density at radius 2 is 1.89 bits per heavy atom. The van der Waals surface area contributed by atoms with E-state index in [4.69, 9.17) is 9.26 Å². The summed E-state index contributed by atoms with van der Waals surface area (Å²) in [5, 5.41) is 6.67. The Labute approximate surface area is 161 Å². The van der Waals surface area contributed by atoms with Crippen molar-refractivity contribution < 1.29 is 23.6 Å². The molecular formula is C20H19N3O5. The molecule has 0 aliphatic rings. The number of rotatable bonds is 7. The molecule has 1 heterocycles. The Balaban J connectivity index is 1.56. The van der Waals surface area contributed by atoms with Crippen LogP contribution < -0.4 is 10.1 Å². The minimum Gasteiger partial charge on any atom is -0.497 e. The van der Waals surface area contributed by atoms with E-state index >= 15 is 0 Å². The highest BCUT2D eigenvalue weighted by Crippen LogP contribution is 2.20. The molecule has 8 heteroatoms. The van der Waals surface area contributed by atoms with Gasteiger partial charge in [0.2, 0.25) is 17.6 Å². The molecule has 1 amide bonds. The summed E-state index contributed by atoms with van der Waals surface area (Å²) in [5.74, 6) is 0.854. The maximum Gasteiger partial charge on any atom is 0.337 e. The van der Waals surface area contributed by atoms with Gasteiger partial charge in [-0.25, -0.2) is 4.79 Å². The molecule has 0 fully saturated rings. The number of amides is 1. The van der Waals surface area contributed by atoms with Crippen LogP contribution >= 0.6 is 0 Å². The zero-order valence-electron chi connectivity index (χ0n) is 15.5. The maximum absolute atomic E-state index is 12.2. The second kappa shape index (κ2) is 8.81. The number of carbonyl (C=O) groups excluding carboxylic acids is 2. The van der Waals surface area contributed by atoms with Crippen LogP contribution in [0.2, 0.25) is 0 Å². The summed E-state index contributed by atoms with van der Waals surface area (Å²) >= 11 is 0. The van der Waals surface area contributed by atoms with E-state index in [1.54, 1.807) is 43.5 Å². The normalized spacial score (nSPS) is 10.4. The number of aromatic nitrogens is 2. The second-order valence-corrected chi connectivity index (χ2v) is 5.86. The molecule has 0 spiro atoms. The highest BCUT2D eigenvalue weighted by Gasteiger charge is 2.12. The van der Waals surface area contributed by atoms with Gasteiger partial charge in [0.25, 0.3) is 0 Å². The van der Waals surface area contributed by atoms with E-state index in [1.807, 2.05) is 12.1 Å². The number of anilines is 1. The first kappa shape index (κ1) is 19.1. The van der Waals surface area contributed by atoms with Gasteiger partial charge < -0.3 is 19.3 Å². The van der Waals surface area contributed by atoms with E-state index in [0.29, 0.717) is 29.4 Å². The Morgan fingerprint density at radius 1 is 1.11 bits per heavy atom. The number of hydrogen-bond donors (Lipinski definition) is 1. The lowest BCUT2D eigenvalue weighted by Crippen LogP contribution is -2.13. The van der Waals surface area contributed by atoms with Crippen molar-refractivity contribution in [2.45, 2.75) is 12.8 Å². The number of nitrogens with one attached hydrogen (secondary N) is 1. The van der Waals surface area contributed by atoms with Crippen LogP contribution in [0.1, 0.15) is 22.7 Å². The molecule has 0 saturated carbocycles. The van der Waals surface area contributed by atoms with Gasteiger partial charge in [0.05, 0.1) is 19.8 Å². The summed E-state index contributed by atoms with van der Waals surface area (Å²) in [4.78, 5) is 28.0. The van der Waals surface area contributed by atoms with E-state index in [1.165, 1.54) is 7.11 Å². The Kier molecular flexibility index (Phi) is 6.01. The van der Waals surface area contributed by atoms with Gasteiger partial charge in [-0.15, -0.1) is 0 Å². The maximum atomic E-state index is 12.2. The SMILES string of the molecule is COC(=O)c1cccc(NC(=O)CCc2nc(-c3ccc(OC)cc3)no2)c1. The van der Waals surface area contributed by atoms with Crippen molar-refractivity contribution >= 4 is 17.6 Å². The lowest BCUT2D eigenvalue weighted by Gasteiger charge is -2.06. The number of aryl methyl sites for hydroxylation is 1. The monoisotopic (exact) mass is 381 g/mol. The Bertz CT molecular complexity index is 966. The third kappa shape index (κ3) is 4.73. The highest BCUT2D eigenvalue weighted by molar-refractivity contribution is 5.94. The van der Waals surface area contributed by atoms with Gasteiger partial charge in [-0.3, -0.25) is 4.79 Å². The fourth-order valence-electron chi connectivity index (χ4n) is 2.50. The lowest BCUT2D eigenvalue weighted by molar-refractivity contribution is -0.116. The second-order valence-electron chi connectivity index (χ2n) is 5.86. The molecular weight excluding hydrogens is 362 g/mol. The van der Waals surface area contributed by atoms with Gasteiger partial charge in [-0.2, -0.15) is 4.98 Å². The molecule has 0 radical (unpaired) electrons. The quantitative estimate of drug-likeness (QED) is 0.627. The van der Waals surface area contributed by atoms with Crippen molar-refractivity contribution in [3.8, 4) is 17.1 Å². The lowest BCUT2D eigenvalue weighted by atomic mass is 10.2. The number of nitrogens with zero attached hydrogens (tertiary/aromatic N) is 2. The van der Waals surface area contributed by atoms with E-state index in [2.05, 4.69) is 20.2 Å². The molecule has 0 aliphatic heterocycles. The van der Waals surface area contributed by atoms with Crippen LogP contribution in [0, 0.1) is 0 Å². The first-order valence-corrected chi connectivity index (χ1v) is 8.54. The van der Waals surface area contributed by atoms with E-state index in [9.17, 15) is 9.59 Å². The predicted octanol–water partition coefficient (Wildman–Crippen LogP) is 3.10. The highest BCUT2D eigenvalue weighted by atomic mass is 16.5. The fourth-order valence-corrected chi connectivity index (χ4v) is 2.50. The summed E-state index contributed by atoms with van der Waals surface area (Å²) in [6.07, 6.45) is 0.457. The predicted molar refractivity (Wildman–Crippen MR) is 101 cm³/mol. The molecule has 1 aromatic heterocycles.